The molecule has 2 aromatic carbocycles. The molecule has 2 aliphatic heterocycles. The number of nitrogens with zero attached hydrogens (tertiary/aromatic N) is 1. The van der Waals surface area contributed by atoms with Crippen LogP contribution in [0.5, 0.6) is 0 Å². The van der Waals surface area contributed by atoms with Crippen molar-refractivity contribution >= 4 is 52.9 Å². The van der Waals surface area contributed by atoms with Gasteiger partial charge in [0.25, 0.3) is 5.91 Å². The number of benzene rings is 2. The molecule has 16 heteroatoms. The van der Waals surface area contributed by atoms with Crippen LogP contribution >= 0.6 is 11.6 Å². The first-order valence-electron chi connectivity index (χ1n) is 12.6. The molecular weight excluding hydrogens is 587 g/mol. The normalized spacial score (nSPS) is 18.7. The van der Waals surface area contributed by atoms with Gasteiger partial charge in [0.05, 0.1) is 12.2 Å². The number of carbonyl (C=O) groups excluding carboxylic acids is 5. The zero-order chi connectivity index (χ0) is 30.7. The molecule has 1 saturated heterocycles. The molecule has 0 radical (unpaired) electrons. The highest BCUT2D eigenvalue weighted by Gasteiger charge is 2.47. The number of likely N-dealkylation sites (tertiary alicyclic amines) is 1. The van der Waals surface area contributed by atoms with Gasteiger partial charge in [0.15, 0.2) is 5.60 Å². The molecule has 1 fully saturated rings. The monoisotopic (exact) mass is 611 g/mol. The van der Waals surface area contributed by atoms with Crippen molar-refractivity contribution in [2.24, 2.45) is 5.73 Å². The summed E-state index contributed by atoms with van der Waals surface area (Å²) < 4.78 is 46.1. The van der Waals surface area contributed by atoms with Crippen LogP contribution in [-0.4, -0.2) is 66.7 Å². The molecule has 0 aromatic heterocycles. The molecule has 1 unspecified atom stereocenters. The van der Waals surface area contributed by atoms with E-state index in [9.17, 15) is 37.1 Å². The molecule has 0 bridgehead atoms. The molecule has 12 nitrogen and oxygen atoms in total. The van der Waals surface area contributed by atoms with Gasteiger partial charge >= 0.3 is 24.3 Å². The summed E-state index contributed by atoms with van der Waals surface area (Å²) in [5.41, 5.74) is 5.73. The molecule has 0 aliphatic carbocycles. The number of rotatable bonds is 6. The molecule has 5 N–H and O–H groups in total. The third-order valence-corrected chi connectivity index (χ3v) is 6.87. The maximum Gasteiger partial charge on any atom is 0.491 e. The van der Waals surface area contributed by atoms with E-state index in [0.717, 1.165) is 0 Å². The largest absolute Gasteiger partial charge is 0.491 e. The van der Waals surface area contributed by atoms with E-state index in [1.807, 2.05) is 5.32 Å². The van der Waals surface area contributed by atoms with Crippen molar-refractivity contribution in [3.8, 4) is 0 Å². The zero-order valence-corrected chi connectivity index (χ0v) is 22.5. The molecule has 2 aromatic rings. The predicted octanol–water partition coefficient (Wildman–Crippen LogP) is 3.50. The number of fused-ring (bicyclic) bond motifs is 2. The summed E-state index contributed by atoms with van der Waals surface area (Å²) in [6.07, 6.45) is -6.63. The fourth-order valence-electron chi connectivity index (χ4n) is 4.76. The number of halogens is 4. The second-order valence-electron chi connectivity index (χ2n) is 9.54. The van der Waals surface area contributed by atoms with Crippen LogP contribution in [-0.2, 0) is 24.7 Å². The maximum absolute atomic E-state index is 13.6. The van der Waals surface area contributed by atoms with Crippen LogP contribution in [0.25, 0.3) is 0 Å². The number of nitrogens with one attached hydrogen (secondary N) is 3. The zero-order valence-electron chi connectivity index (χ0n) is 21.8. The third-order valence-electron chi connectivity index (χ3n) is 6.63. The van der Waals surface area contributed by atoms with Gasteiger partial charge < -0.3 is 25.4 Å². The van der Waals surface area contributed by atoms with Gasteiger partial charge in [0.2, 0.25) is 5.91 Å². The summed E-state index contributed by atoms with van der Waals surface area (Å²) >= 11 is 6.20. The number of piperidine rings is 1. The average molecular weight is 612 g/mol. The molecule has 4 rings (SSSR count). The number of nitrogens with two attached hydrogens (primary N) is 1. The van der Waals surface area contributed by atoms with Crippen LogP contribution in [0, 0.1) is 0 Å². The van der Waals surface area contributed by atoms with Crippen molar-refractivity contribution in [1.29, 1.82) is 0 Å². The quantitative estimate of drug-likeness (QED) is 0.284. The van der Waals surface area contributed by atoms with E-state index in [0.29, 0.717) is 35.7 Å². The fraction of sp³-hybridized carbons (Fsp3) is 0.346. The highest BCUT2D eigenvalue weighted by atomic mass is 35.5. The van der Waals surface area contributed by atoms with Crippen LogP contribution in [0.2, 0.25) is 5.02 Å². The Morgan fingerprint density at radius 3 is 2.55 bits per heavy atom. The molecule has 2 atom stereocenters. The minimum atomic E-state index is -5.35. The van der Waals surface area contributed by atoms with E-state index in [1.54, 1.807) is 18.2 Å². The van der Waals surface area contributed by atoms with Crippen LogP contribution < -0.4 is 21.7 Å². The van der Waals surface area contributed by atoms with Gasteiger partial charge in [-0.1, -0.05) is 11.6 Å². The molecule has 0 saturated carbocycles. The molecule has 1 spiro atoms. The molecular formula is C26H25ClF3N5O7. The summed E-state index contributed by atoms with van der Waals surface area (Å²) in [5, 5.41) is 7.63. The van der Waals surface area contributed by atoms with Gasteiger partial charge in [-0.25, -0.2) is 14.4 Å². The lowest BCUT2D eigenvalue weighted by Crippen LogP contribution is -2.57. The second-order valence-corrected chi connectivity index (χ2v) is 9.98. The highest BCUT2D eigenvalue weighted by molar-refractivity contribution is 6.30. The van der Waals surface area contributed by atoms with Crippen molar-refractivity contribution in [3.63, 3.8) is 0 Å². The van der Waals surface area contributed by atoms with Crippen molar-refractivity contribution < 1.29 is 46.6 Å². The van der Waals surface area contributed by atoms with Gasteiger partial charge in [0.1, 0.15) is 6.04 Å². The summed E-state index contributed by atoms with van der Waals surface area (Å²) in [4.78, 5) is 62.7. The Hall–Kier alpha value is -4.37. The second kappa shape index (κ2) is 12.2. The Bertz CT molecular complexity index is 1410. The van der Waals surface area contributed by atoms with E-state index in [2.05, 4.69) is 15.4 Å². The molecule has 2 aliphatic rings. The van der Waals surface area contributed by atoms with Crippen LogP contribution in [0.3, 0.4) is 0 Å². The maximum atomic E-state index is 13.6. The first kappa shape index (κ1) is 30.6. The van der Waals surface area contributed by atoms with Crippen LogP contribution in [0.15, 0.2) is 42.5 Å². The standard InChI is InChI=1S/C26H25ClF3N5O7/c27-15-4-7-18-17(12-15)25(42-24(40)34-18)9-1-11-35(13-25)21(37)19(8-10-31)33-20(36)14-2-5-16(6-3-14)32-23(39)41-22(38)26(28,29)30/h2-7,12,19H,1,8-11,13,31H2,(H,32,39)(H,33,36)(H,34,40)/t19-,25?/m0/s1. The van der Waals surface area contributed by atoms with Gasteiger partial charge in [-0.15, -0.1) is 0 Å². The number of hydrogen-bond donors (Lipinski definition) is 4. The number of anilines is 2. The summed E-state index contributed by atoms with van der Waals surface area (Å²) in [6.45, 7) is 0.428. The minimum Gasteiger partial charge on any atom is -0.436 e. The summed E-state index contributed by atoms with van der Waals surface area (Å²) in [5.74, 6) is -3.79. The Morgan fingerprint density at radius 2 is 1.88 bits per heavy atom. The van der Waals surface area contributed by atoms with Gasteiger partial charge in [-0.3, -0.25) is 20.2 Å². The smallest absolute Gasteiger partial charge is 0.436 e. The number of alkyl halides is 3. The van der Waals surface area contributed by atoms with Gasteiger partial charge in [-0.2, -0.15) is 13.2 Å². The van der Waals surface area contributed by atoms with Crippen molar-refractivity contribution in [2.45, 2.75) is 37.1 Å². The molecule has 4 amide bonds. The van der Waals surface area contributed by atoms with Gasteiger partial charge in [-0.05, 0) is 68.3 Å². The third kappa shape index (κ3) is 6.91. The van der Waals surface area contributed by atoms with E-state index >= 15 is 0 Å². The Balaban J connectivity index is 1.43. The first-order chi connectivity index (χ1) is 19.8. The van der Waals surface area contributed by atoms with Gasteiger partial charge in [0, 0.05) is 28.4 Å². The van der Waals surface area contributed by atoms with E-state index in [4.69, 9.17) is 22.1 Å². The highest BCUT2D eigenvalue weighted by Crippen LogP contribution is 2.43. The van der Waals surface area contributed by atoms with Crippen molar-refractivity contribution in [3.05, 3.63) is 58.6 Å². The molecule has 42 heavy (non-hydrogen) atoms. The number of hydrogen-bond acceptors (Lipinski definition) is 8. The number of amides is 4. The lowest BCUT2D eigenvalue weighted by molar-refractivity contribution is -0.192. The molecule has 224 valence electrons. The van der Waals surface area contributed by atoms with Crippen molar-refractivity contribution in [2.75, 3.05) is 30.3 Å². The lowest BCUT2D eigenvalue weighted by Gasteiger charge is -2.45. The molecule has 2 heterocycles. The van der Waals surface area contributed by atoms with E-state index in [-0.39, 0.29) is 30.8 Å². The first-order valence-corrected chi connectivity index (χ1v) is 13.0. The lowest BCUT2D eigenvalue weighted by atomic mass is 9.83. The SMILES string of the molecule is NCC[C@H](NC(=O)c1ccc(NC(=O)OC(=O)C(F)(F)F)cc1)C(=O)N1CCCC2(C1)OC(=O)Nc1ccc(Cl)cc12. The Morgan fingerprint density at radius 1 is 1.17 bits per heavy atom. The predicted molar refractivity (Wildman–Crippen MR) is 142 cm³/mol. The Kier molecular flexibility index (Phi) is 8.92. The van der Waals surface area contributed by atoms with Crippen LogP contribution in [0.4, 0.5) is 34.1 Å². The van der Waals surface area contributed by atoms with E-state index < -0.39 is 47.8 Å². The summed E-state index contributed by atoms with van der Waals surface area (Å²) in [7, 11) is 0. The van der Waals surface area contributed by atoms with Crippen molar-refractivity contribution in [1.82, 2.24) is 10.2 Å². The van der Waals surface area contributed by atoms with E-state index in [1.165, 1.54) is 29.2 Å². The number of esters is 1. The number of carbonyl (C=O) groups is 5. The summed E-state index contributed by atoms with van der Waals surface area (Å²) in [6, 6.07) is 8.79. The Labute approximate surface area is 241 Å². The fourth-order valence-corrected chi connectivity index (χ4v) is 4.93. The average Bonchev–Trinajstić information content (AvgIpc) is 2.92. The number of ether oxygens (including phenoxy) is 2. The van der Waals surface area contributed by atoms with Crippen LogP contribution in [0.1, 0.15) is 35.2 Å². The minimum absolute atomic E-state index is 0.0246. The topological polar surface area (TPSA) is 169 Å².